The summed E-state index contributed by atoms with van der Waals surface area (Å²) >= 11 is 0. The summed E-state index contributed by atoms with van der Waals surface area (Å²) in [4.78, 5) is 11.9. The van der Waals surface area contributed by atoms with Crippen LogP contribution in [0.25, 0.3) is 0 Å². The fourth-order valence-corrected chi connectivity index (χ4v) is 1.99. The molecule has 0 aliphatic carbocycles. The first-order valence-corrected chi connectivity index (χ1v) is 6.51. The van der Waals surface area contributed by atoms with Crippen LogP contribution in [-0.4, -0.2) is 19.4 Å². The highest BCUT2D eigenvalue weighted by molar-refractivity contribution is 5.81. The number of rotatable bonds is 8. The van der Waals surface area contributed by atoms with Crippen molar-refractivity contribution < 1.29 is 9.53 Å². The minimum atomic E-state index is 0.267. The van der Waals surface area contributed by atoms with E-state index in [1.54, 1.807) is 7.11 Å². The molecule has 18 heavy (non-hydrogen) atoms. The van der Waals surface area contributed by atoms with Crippen LogP contribution in [0.4, 0.5) is 0 Å². The topological polar surface area (TPSA) is 52.3 Å². The van der Waals surface area contributed by atoms with Crippen molar-refractivity contribution in [1.82, 2.24) is 0 Å². The summed E-state index contributed by atoms with van der Waals surface area (Å²) in [6.45, 7) is 2.84. The lowest BCUT2D eigenvalue weighted by Gasteiger charge is -2.10. The normalized spacial score (nSPS) is 12.2. The summed E-state index contributed by atoms with van der Waals surface area (Å²) in [5, 5.41) is 0. The van der Waals surface area contributed by atoms with Crippen LogP contribution in [0.15, 0.2) is 24.3 Å². The van der Waals surface area contributed by atoms with Gasteiger partial charge in [0.15, 0.2) is 0 Å². The Morgan fingerprint density at radius 3 is 2.72 bits per heavy atom. The van der Waals surface area contributed by atoms with E-state index >= 15 is 0 Å². The molecule has 2 N–H and O–H groups in total. The average Bonchev–Trinajstić information content (AvgIpc) is 2.37. The maximum Gasteiger partial charge on any atom is 0.137 e. The van der Waals surface area contributed by atoms with Gasteiger partial charge in [-0.15, -0.1) is 0 Å². The van der Waals surface area contributed by atoms with Crippen molar-refractivity contribution in [2.24, 2.45) is 11.7 Å². The molecule has 0 fully saturated rings. The molecule has 0 aromatic heterocycles. The van der Waals surface area contributed by atoms with Crippen LogP contribution in [0.5, 0.6) is 5.75 Å². The highest BCUT2D eigenvalue weighted by Gasteiger charge is 2.10. The first kappa shape index (κ1) is 14.7. The molecule has 0 aliphatic rings. The van der Waals surface area contributed by atoms with Crippen molar-refractivity contribution in [3.63, 3.8) is 0 Å². The molecule has 0 radical (unpaired) electrons. The van der Waals surface area contributed by atoms with E-state index in [0.29, 0.717) is 25.3 Å². The Morgan fingerprint density at radius 2 is 2.06 bits per heavy atom. The van der Waals surface area contributed by atoms with Crippen molar-refractivity contribution in [3.05, 3.63) is 29.8 Å². The SMILES string of the molecule is COc1ccccc1CC(=O)CCC(C)CCN. The van der Waals surface area contributed by atoms with Gasteiger partial charge in [-0.25, -0.2) is 0 Å². The first-order valence-electron chi connectivity index (χ1n) is 6.51. The van der Waals surface area contributed by atoms with Crippen LogP contribution >= 0.6 is 0 Å². The maximum absolute atomic E-state index is 11.9. The van der Waals surface area contributed by atoms with Gasteiger partial charge in [-0.2, -0.15) is 0 Å². The summed E-state index contributed by atoms with van der Waals surface area (Å²) in [6.07, 6.45) is 2.99. The highest BCUT2D eigenvalue weighted by Crippen LogP contribution is 2.19. The first-order chi connectivity index (χ1) is 8.67. The molecule has 3 heteroatoms. The van der Waals surface area contributed by atoms with E-state index < -0.39 is 0 Å². The van der Waals surface area contributed by atoms with Crippen LogP contribution in [0.2, 0.25) is 0 Å². The van der Waals surface area contributed by atoms with Gasteiger partial charge >= 0.3 is 0 Å². The minimum Gasteiger partial charge on any atom is -0.496 e. The molecular weight excluding hydrogens is 226 g/mol. The molecular formula is C15H23NO2. The zero-order chi connectivity index (χ0) is 13.4. The van der Waals surface area contributed by atoms with Crippen molar-refractivity contribution in [3.8, 4) is 5.75 Å². The van der Waals surface area contributed by atoms with E-state index in [-0.39, 0.29) is 5.78 Å². The quantitative estimate of drug-likeness (QED) is 0.770. The number of nitrogens with two attached hydrogens (primary N) is 1. The van der Waals surface area contributed by atoms with Crippen molar-refractivity contribution in [1.29, 1.82) is 0 Å². The smallest absolute Gasteiger partial charge is 0.137 e. The number of para-hydroxylation sites is 1. The number of hydrogen-bond donors (Lipinski definition) is 1. The highest BCUT2D eigenvalue weighted by atomic mass is 16.5. The Labute approximate surface area is 109 Å². The average molecular weight is 249 g/mol. The summed E-state index contributed by atoms with van der Waals surface area (Å²) in [6, 6.07) is 7.68. The standard InChI is InChI=1S/C15H23NO2/c1-12(9-10-16)7-8-14(17)11-13-5-3-4-6-15(13)18-2/h3-6,12H,7-11,16H2,1-2H3. The van der Waals surface area contributed by atoms with E-state index in [1.165, 1.54) is 0 Å². The monoisotopic (exact) mass is 249 g/mol. The Hall–Kier alpha value is -1.35. The fourth-order valence-electron chi connectivity index (χ4n) is 1.99. The number of carbonyl (C=O) groups excluding carboxylic acids is 1. The number of carbonyl (C=O) groups is 1. The number of methoxy groups -OCH3 is 1. The number of Topliss-reactive ketones (excluding diaryl/α,β-unsaturated/α-hetero) is 1. The number of ketones is 1. The third kappa shape index (κ3) is 4.88. The molecule has 0 spiro atoms. The second kappa shape index (κ2) is 7.88. The lowest BCUT2D eigenvalue weighted by atomic mass is 9.97. The summed E-state index contributed by atoms with van der Waals surface area (Å²) < 4.78 is 5.24. The molecule has 1 rings (SSSR count). The Balaban J connectivity index is 2.44. The van der Waals surface area contributed by atoms with Gasteiger partial charge in [0.1, 0.15) is 11.5 Å². The fraction of sp³-hybridized carbons (Fsp3) is 0.533. The largest absolute Gasteiger partial charge is 0.496 e. The lowest BCUT2D eigenvalue weighted by Crippen LogP contribution is -2.09. The van der Waals surface area contributed by atoms with E-state index in [9.17, 15) is 4.79 Å². The molecule has 0 aliphatic heterocycles. The summed E-state index contributed by atoms with van der Waals surface area (Å²) in [7, 11) is 1.63. The van der Waals surface area contributed by atoms with Crippen LogP contribution in [0.3, 0.4) is 0 Å². The zero-order valence-electron chi connectivity index (χ0n) is 11.3. The van der Waals surface area contributed by atoms with Gasteiger partial charge in [-0.3, -0.25) is 4.79 Å². The molecule has 3 nitrogen and oxygen atoms in total. The van der Waals surface area contributed by atoms with Gasteiger partial charge in [0.25, 0.3) is 0 Å². The second-order valence-electron chi connectivity index (χ2n) is 4.75. The Bertz CT molecular complexity index is 377. The van der Waals surface area contributed by atoms with Crippen LogP contribution in [-0.2, 0) is 11.2 Å². The van der Waals surface area contributed by atoms with Gasteiger partial charge in [0.2, 0.25) is 0 Å². The van der Waals surface area contributed by atoms with Gasteiger partial charge < -0.3 is 10.5 Å². The molecule has 1 aromatic carbocycles. The number of hydrogen-bond acceptors (Lipinski definition) is 3. The molecule has 1 unspecified atom stereocenters. The third-order valence-corrected chi connectivity index (χ3v) is 3.16. The van der Waals surface area contributed by atoms with Crippen LogP contribution in [0.1, 0.15) is 31.7 Å². The van der Waals surface area contributed by atoms with Gasteiger partial charge in [-0.05, 0) is 31.4 Å². The van der Waals surface area contributed by atoms with E-state index in [2.05, 4.69) is 6.92 Å². The molecule has 0 saturated heterocycles. The third-order valence-electron chi connectivity index (χ3n) is 3.16. The molecule has 0 heterocycles. The summed E-state index contributed by atoms with van der Waals surface area (Å²) in [5.74, 6) is 1.58. The molecule has 0 amide bonds. The zero-order valence-corrected chi connectivity index (χ0v) is 11.3. The summed E-state index contributed by atoms with van der Waals surface area (Å²) in [5.41, 5.74) is 6.46. The molecule has 1 atom stereocenters. The molecule has 1 aromatic rings. The Morgan fingerprint density at radius 1 is 1.33 bits per heavy atom. The molecule has 0 saturated carbocycles. The molecule has 100 valence electrons. The van der Waals surface area contributed by atoms with Gasteiger partial charge in [0.05, 0.1) is 7.11 Å². The Kier molecular flexibility index (Phi) is 6.44. The van der Waals surface area contributed by atoms with E-state index in [1.807, 2.05) is 24.3 Å². The van der Waals surface area contributed by atoms with Gasteiger partial charge in [-0.1, -0.05) is 25.1 Å². The van der Waals surface area contributed by atoms with Crippen molar-refractivity contribution in [2.75, 3.05) is 13.7 Å². The van der Waals surface area contributed by atoms with E-state index in [0.717, 1.165) is 24.2 Å². The number of ether oxygens (including phenoxy) is 1. The maximum atomic E-state index is 11.9. The lowest BCUT2D eigenvalue weighted by molar-refractivity contribution is -0.118. The predicted molar refractivity (Wildman–Crippen MR) is 73.8 cm³/mol. The number of benzene rings is 1. The van der Waals surface area contributed by atoms with E-state index in [4.69, 9.17) is 10.5 Å². The van der Waals surface area contributed by atoms with Crippen LogP contribution in [0, 0.1) is 5.92 Å². The predicted octanol–water partition coefficient (Wildman–Crippen LogP) is 2.57. The van der Waals surface area contributed by atoms with Crippen LogP contribution < -0.4 is 10.5 Å². The minimum absolute atomic E-state index is 0.267. The molecule has 0 bridgehead atoms. The van der Waals surface area contributed by atoms with Crippen molar-refractivity contribution in [2.45, 2.75) is 32.6 Å². The van der Waals surface area contributed by atoms with Crippen molar-refractivity contribution >= 4 is 5.78 Å². The van der Waals surface area contributed by atoms with Gasteiger partial charge in [0, 0.05) is 18.4 Å². The second-order valence-corrected chi connectivity index (χ2v) is 4.75.